The number of hydrogen-bond donors (Lipinski definition) is 3. The maximum absolute atomic E-state index is 12.2. The molecule has 5 nitrogen and oxygen atoms in total. The number of anilines is 1. The molecule has 0 atom stereocenters. The lowest BCUT2D eigenvalue weighted by Gasteiger charge is -2.06. The van der Waals surface area contributed by atoms with E-state index in [9.17, 15) is 9.59 Å². The molecule has 120 valence electrons. The summed E-state index contributed by atoms with van der Waals surface area (Å²) in [5.41, 5.74) is 2.24. The smallest absolute Gasteiger partial charge is 0.273 e. The van der Waals surface area contributed by atoms with Gasteiger partial charge in [-0.1, -0.05) is 23.7 Å². The van der Waals surface area contributed by atoms with Crippen LogP contribution in [0.2, 0.25) is 5.02 Å². The van der Waals surface area contributed by atoms with Gasteiger partial charge in [0, 0.05) is 16.3 Å². The van der Waals surface area contributed by atoms with E-state index in [1.807, 2.05) is 6.07 Å². The van der Waals surface area contributed by atoms with Gasteiger partial charge in [0.15, 0.2) is 5.11 Å². The number of carbonyl (C=O) groups is 2. The highest BCUT2D eigenvalue weighted by Crippen LogP contribution is 2.16. The van der Waals surface area contributed by atoms with Gasteiger partial charge < -0.3 is 10.6 Å². The lowest BCUT2D eigenvalue weighted by Crippen LogP contribution is -2.21. The number of amides is 2. The van der Waals surface area contributed by atoms with Gasteiger partial charge in [0.1, 0.15) is 5.70 Å². The summed E-state index contributed by atoms with van der Waals surface area (Å²) in [6.45, 7) is 0. The van der Waals surface area contributed by atoms with Gasteiger partial charge in [-0.15, -0.1) is 0 Å². The molecule has 0 bridgehead atoms. The van der Waals surface area contributed by atoms with Crippen LogP contribution in [0.1, 0.15) is 15.9 Å². The number of nitrogens with one attached hydrogen (secondary N) is 3. The minimum absolute atomic E-state index is 0.241. The summed E-state index contributed by atoms with van der Waals surface area (Å²) in [6, 6.07) is 13.7. The first-order valence-corrected chi connectivity index (χ1v) is 7.81. The molecule has 3 N–H and O–H groups in total. The van der Waals surface area contributed by atoms with E-state index in [0.717, 1.165) is 5.56 Å². The number of carbonyl (C=O) groups excluding carboxylic acids is 2. The SMILES string of the molecule is O=C1NC(=S)N/C1=C\c1cccc(NC(=O)c2ccc(Cl)cc2)c1. The van der Waals surface area contributed by atoms with Crippen LogP contribution >= 0.6 is 23.8 Å². The Morgan fingerprint density at radius 2 is 1.88 bits per heavy atom. The molecule has 1 fully saturated rings. The highest BCUT2D eigenvalue weighted by Gasteiger charge is 2.19. The summed E-state index contributed by atoms with van der Waals surface area (Å²) in [5.74, 6) is -0.523. The van der Waals surface area contributed by atoms with Crippen molar-refractivity contribution >= 4 is 52.5 Å². The second-order valence-electron chi connectivity index (χ2n) is 5.05. The fourth-order valence-corrected chi connectivity index (χ4v) is 2.49. The zero-order valence-corrected chi connectivity index (χ0v) is 13.9. The summed E-state index contributed by atoms with van der Waals surface area (Å²) < 4.78 is 0. The Morgan fingerprint density at radius 3 is 2.54 bits per heavy atom. The second kappa shape index (κ2) is 6.82. The van der Waals surface area contributed by atoms with Crippen LogP contribution in [0.15, 0.2) is 54.2 Å². The van der Waals surface area contributed by atoms with E-state index in [4.69, 9.17) is 23.8 Å². The number of rotatable bonds is 3. The van der Waals surface area contributed by atoms with Crippen molar-refractivity contribution in [3.05, 3.63) is 70.4 Å². The van der Waals surface area contributed by atoms with Crippen LogP contribution in [0.4, 0.5) is 5.69 Å². The summed E-state index contributed by atoms with van der Waals surface area (Å²) in [4.78, 5) is 23.9. The average molecular weight is 358 g/mol. The van der Waals surface area contributed by atoms with Crippen molar-refractivity contribution < 1.29 is 9.59 Å². The normalized spacial score (nSPS) is 15.1. The third kappa shape index (κ3) is 3.79. The standard InChI is InChI=1S/C17H12ClN3O2S/c18-12-6-4-11(5-7-12)15(22)19-13-3-1-2-10(8-13)9-14-16(23)21-17(24)20-14/h1-9H,(H,19,22)(H2,20,21,23,24)/b14-9-. The molecule has 0 aliphatic carbocycles. The zero-order valence-electron chi connectivity index (χ0n) is 12.3. The van der Waals surface area contributed by atoms with E-state index < -0.39 is 0 Å². The molecule has 1 saturated heterocycles. The summed E-state index contributed by atoms with van der Waals surface area (Å²) in [7, 11) is 0. The van der Waals surface area contributed by atoms with Gasteiger partial charge in [-0.25, -0.2) is 0 Å². The number of thiocarbonyl (C=S) groups is 1. The van der Waals surface area contributed by atoms with E-state index in [-0.39, 0.29) is 16.9 Å². The molecular weight excluding hydrogens is 346 g/mol. The Hall–Kier alpha value is -2.70. The molecule has 1 aliphatic rings. The fraction of sp³-hybridized carbons (Fsp3) is 0. The van der Waals surface area contributed by atoms with Crippen LogP contribution in [-0.2, 0) is 4.79 Å². The van der Waals surface area contributed by atoms with Crippen molar-refractivity contribution in [1.29, 1.82) is 0 Å². The van der Waals surface area contributed by atoms with Crippen LogP contribution in [0, 0.1) is 0 Å². The van der Waals surface area contributed by atoms with Gasteiger partial charge in [0.2, 0.25) is 0 Å². The first-order chi connectivity index (χ1) is 11.5. The maximum atomic E-state index is 12.2. The molecule has 1 aliphatic heterocycles. The van der Waals surface area contributed by atoms with Gasteiger partial charge in [-0.05, 0) is 60.3 Å². The minimum atomic E-state index is -0.282. The van der Waals surface area contributed by atoms with Crippen LogP contribution in [0.3, 0.4) is 0 Å². The van der Waals surface area contributed by atoms with Crippen molar-refractivity contribution in [3.63, 3.8) is 0 Å². The van der Waals surface area contributed by atoms with E-state index in [1.54, 1.807) is 48.5 Å². The van der Waals surface area contributed by atoms with E-state index >= 15 is 0 Å². The van der Waals surface area contributed by atoms with Crippen LogP contribution < -0.4 is 16.0 Å². The monoisotopic (exact) mass is 357 g/mol. The predicted molar refractivity (Wildman–Crippen MR) is 97.7 cm³/mol. The predicted octanol–water partition coefficient (Wildman–Crippen LogP) is 2.94. The van der Waals surface area contributed by atoms with E-state index in [1.165, 1.54) is 0 Å². The zero-order chi connectivity index (χ0) is 17.1. The van der Waals surface area contributed by atoms with Gasteiger partial charge >= 0.3 is 0 Å². The average Bonchev–Trinajstić information content (AvgIpc) is 2.86. The number of benzene rings is 2. The number of hydrogen-bond acceptors (Lipinski definition) is 3. The van der Waals surface area contributed by atoms with Crippen LogP contribution in [0.5, 0.6) is 0 Å². The molecule has 0 spiro atoms. The van der Waals surface area contributed by atoms with Crippen molar-refractivity contribution in [2.24, 2.45) is 0 Å². The fourth-order valence-electron chi connectivity index (χ4n) is 2.16. The van der Waals surface area contributed by atoms with Crippen LogP contribution in [-0.4, -0.2) is 16.9 Å². The Morgan fingerprint density at radius 1 is 1.12 bits per heavy atom. The molecule has 0 unspecified atom stereocenters. The summed E-state index contributed by atoms with van der Waals surface area (Å²) in [5, 5.41) is 8.92. The largest absolute Gasteiger partial charge is 0.328 e. The number of halogens is 1. The third-order valence-corrected chi connectivity index (χ3v) is 3.74. The summed E-state index contributed by atoms with van der Waals surface area (Å²) >= 11 is 10.7. The molecule has 2 aromatic carbocycles. The van der Waals surface area contributed by atoms with E-state index in [2.05, 4.69) is 16.0 Å². The van der Waals surface area contributed by atoms with Gasteiger partial charge in [0.05, 0.1) is 0 Å². The van der Waals surface area contributed by atoms with Crippen molar-refractivity contribution in [2.45, 2.75) is 0 Å². The summed E-state index contributed by atoms with van der Waals surface area (Å²) in [6.07, 6.45) is 1.66. The van der Waals surface area contributed by atoms with Gasteiger partial charge in [-0.2, -0.15) is 0 Å². The quantitative estimate of drug-likeness (QED) is 0.583. The first kappa shape index (κ1) is 16.2. The first-order valence-electron chi connectivity index (χ1n) is 7.02. The molecule has 0 saturated carbocycles. The Balaban J connectivity index is 1.77. The molecular formula is C17H12ClN3O2S. The Labute approximate surface area is 148 Å². The molecule has 0 radical (unpaired) electrons. The lowest BCUT2D eigenvalue weighted by atomic mass is 10.1. The molecule has 0 aromatic heterocycles. The highest BCUT2D eigenvalue weighted by atomic mass is 35.5. The molecule has 7 heteroatoms. The molecule has 1 heterocycles. The molecule has 3 rings (SSSR count). The van der Waals surface area contributed by atoms with Crippen molar-refractivity contribution in [1.82, 2.24) is 10.6 Å². The third-order valence-electron chi connectivity index (χ3n) is 3.28. The molecule has 2 aromatic rings. The lowest BCUT2D eigenvalue weighted by molar-refractivity contribution is -0.115. The van der Waals surface area contributed by atoms with Crippen molar-refractivity contribution in [3.8, 4) is 0 Å². The van der Waals surface area contributed by atoms with Gasteiger partial charge in [0.25, 0.3) is 11.8 Å². The van der Waals surface area contributed by atoms with Crippen molar-refractivity contribution in [2.75, 3.05) is 5.32 Å². The highest BCUT2D eigenvalue weighted by molar-refractivity contribution is 7.80. The topological polar surface area (TPSA) is 70.2 Å². The van der Waals surface area contributed by atoms with E-state index in [0.29, 0.717) is 22.0 Å². The van der Waals surface area contributed by atoms with Crippen LogP contribution in [0.25, 0.3) is 6.08 Å². The maximum Gasteiger partial charge on any atom is 0.273 e. The molecule has 2 amide bonds. The minimum Gasteiger partial charge on any atom is -0.328 e. The van der Waals surface area contributed by atoms with Gasteiger partial charge in [-0.3, -0.25) is 14.9 Å². The molecule has 24 heavy (non-hydrogen) atoms. The Bertz CT molecular complexity index is 862. The second-order valence-corrected chi connectivity index (χ2v) is 5.90. The Kier molecular flexibility index (Phi) is 4.59.